The lowest BCUT2D eigenvalue weighted by Gasteiger charge is -1.98. The van der Waals surface area contributed by atoms with Crippen LogP contribution in [-0.4, -0.2) is 17.5 Å². The first-order valence-electron chi connectivity index (χ1n) is 4.14. The van der Waals surface area contributed by atoms with Crippen LogP contribution in [0.1, 0.15) is 5.69 Å². The zero-order valence-electron chi connectivity index (χ0n) is 7.65. The Balaban J connectivity index is 2.52. The minimum absolute atomic E-state index is 0.250. The van der Waals surface area contributed by atoms with Gasteiger partial charge in [0.15, 0.2) is 5.58 Å². The van der Waals surface area contributed by atoms with Gasteiger partial charge in [0.25, 0.3) is 0 Å². The summed E-state index contributed by atoms with van der Waals surface area (Å²) in [7, 11) is 1.60. The molecule has 0 saturated heterocycles. The van der Waals surface area contributed by atoms with Crippen molar-refractivity contribution in [1.82, 2.24) is 10.6 Å². The maximum Gasteiger partial charge on any atom is 0.167 e. The zero-order valence-corrected chi connectivity index (χ0v) is 7.65. The van der Waals surface area contributed by atoms with E-state index in [0.29, 0.717) is 11.3 Å². The predicted octanol–water partition coefficient (Wildman–Crippen LogP) is 1.32. The normalized spacial score (nSPS) is 10.7. The molecule has 0 fully saturated rings. The van der Waals surface area contributed by atoms with Gasteiger partial charge in [0, 0.05) is 5.39 Å². The summed E-state index contributed by atoms with van der Waals surface area (Å²) in [5.41, 5.74) is 3.37. The summed E-state index contributed by atoms with van der Waals surface area (Å²) in [6, 6.07) is 5.39. The maximum atomic E-state index is 8.56. The Morgan fingerprint density at radius 3 is 3.14 bits per heavy atom. The van der Waals surface area contributed by atoms with Gasteiger partial charge in [-0.2, -0.15) is 5.48 Å². The molecule has 2 N–H and O–H groups in total. The zero-order chi connectivity index (χ0) is 9.97. The average Bonchev–Trinajstić information content (AvgIpc) is 2.61. The Hall–Kier alpha value is -1.59. The molecule has 0 amide bonds. The number of methoxy groups -OCH3 is 1. The van der Waals surface area contributed by atoms with Gasteiger partial charge in [0.1, 0.15) is 11.4 Å². The first-order valence-corrected chi connectivity index (χ1v) is 4.14. The Morgan fingerprint density at radius 2 is 2.43 bits per heavy atom. The van der Waals surface area contributed by atoms with E-state index >= 15 is 0 Å². The fraction of sp³-hybridized carbons (Fsp3) is 0.222. The minimum Gasteiger partial charge on any atom is -0.497 e. The van der Waals surface area contributed by atoms with Crippen molar-refractivity contribution in [3.05, 3.63) is 23.9 Å². The summed E-state index contributed by atoms with van der Waals surface area (Å²) in [4.78, 5) is 0. The summed E-state index contributed by atoms with van der Waals surface area (Å²) >= 11 is 0. The number of hydrogen-bond acceptors (Lipinski definition) is 5. The maximum absolute atomic E-state index is 8.56. The highest BCUT2D eigenvalue weighted by Crippen LogP contribution is 2.23. The van der Waals surface area contributed by atoms with Gasteiger partial charge in [-0.05, 0) is 18.2 Å². The van der Waals surface area contributed by atoms with Crippen LogP contribution in [0, 0.1) is 0 Å². The third kappa shape index (κ3) is 1.43. The van der Waals surface area contributed by atoms with Crippen LogP contribution in [-0.2, 0) is 6.54 Å². The van der Waals surface area contributed by atoms with Gasteiger partial charge in [-0.25, -0.2) is 0 Å². The predicted molar refractivity (Wildman–Crippen MR) is 49.2 cm³/mol. The molecule has 0 saturated carbocycles. The van der Waals surface area contributed by atoms with E-state index in [1.54, 1.807) is 19.2 Å². The van der Waals surface area contributed by atoms with Crippen molar-refractivity contribution in [3.8, 4) is 5.75 Å². The van der Waals surface area contributed by atoms with Crippen LogP contribution in [0.3, 0.4) is 0 Å². The van der Waals surface area contributed by atoms with E-state index in [4.69, 9.17) is 14.5 Å². The molecule has 1 aromatic carbocycles. The van der Waals surface area contributed by atoms with Crippen LogP contribution in [0.5, 0.6) is 5.75 Å². The van der Waals surface area contributed by atoms with Crippen molar-refractivity contribution < 1.29 is 14.5 Å². The van der Waals surface area contributed by atoms with Crippen molar-refractivity contribution in [3.63, 3.8) is 0 Å². The average molecular weight is 194 g/mol. The molecule has 0 aliphatic carbocycles. The molecule has 2 aromatic rings. The molecule has 1 aromatic heterocycles. The van der Waals surface area contributed by atoms with E-state index in [1.807, 2.05) is 11.5 Å². The molecule has 5 nitrogen and oxygen atoms in total. The summed E-state index contributed by atoms with van der Waals surface area (Å²) in [5.74, 6) is 0.736. The Kier molecular flexibility index (Phi) is 2.34. The Bertz CT molecular complexity index is 439. The minimum atomic E-state index is 0.250. The lowest BCUT2D eigenvalue weighted by Crippen LogP contribution is -2.06. The van der Waals surface area contributed by atoms with E-state index in [-0.39, 0.29) is 6.54 Å². The van der Waals surface area contributed by atoms with Crippen molar-refractivity contribution in [2.75, 3.05) is 7.11 Å². The summed E-state index contributed by atoms with van der Waals surface area (Å²) < 4.78 is 10.1. The largest absolute Gasteiger partial charge is 0.497 e. The highest BCUT2D eigenvalue weighted by molar-refractivity contribution is 5.80. The van der Waals surface area contributed by atoms with E-state index in [2.05, 4.69) is 5.16 Å². The first-order chi connectivity index (χ1) is 6.85. The number of hydroxylamine groups is 1. The first kappa shape index (κ1) is 8.98. The van der Waals surface area contributed by atoms with E-state index in [0.717, 1.165) is 11.1 Å². The number of aromatic nitrogens is 1. The number of ether oxygens (including phenoxy) is 1. The molecule has 14 heavy (non-hydrogen) atoms. The molecule has 0 radical (unpaired) electrons. The second kappa shape index (κ2) is 3.65. The SMILES string of the molecule is COc1ccc2onc(CNO)c2c1. The van der Waals surface area contributed by atoms with Crippen LogP contribution < -0.4 is 10.2 Å². The summed E-state index contributed by atoms with van der Waals surface area (Å²) in [5, 5.41) is 13.2. The highest BCUT2D eigenvalue weighted by atomic mass is 16.5. The van der Waals surface area contributed by atoms with Crippen LogP contribution in [0.25, 0.3) is 11.0 Å². The fourth-order valence-electron chi connectivity index (χ4n) is 1.30. The number of fused-ring (bicyclic) bond motifs is 1. The fourth-order valence-corrected chi connectivity index (χ4v) is 1.30. The van der Waals surface area contributed by atoms with Crippen molar-refractivity contribution >= 4 is 11.0 Å². The molecule has 5 heteroatoms. The van der Waals surface area contributed by atoms with E-state index in [1.165, 1.54) is 0 Å². The summed E-state index contributed by atoms with van der Waals surface area (Å²) in [6.45, 7) is 0.250. The molecule has 1 heterocycles. The second-order valence-electron chi connectivity index (χ2n) is 2.83. The van der Waals surface area contributed by atoms with Crippen LogP contribution in [0.2, 0.25) is 0 Å². The quantitative estimate of drug-likeness (QED) is 0.721. The van der Waals surface area contributed by atoms with Gasteiger partial charge in [0.2, 0.25) is 0 Å². The third-order valence-electron chi connectivity index (χ3n) is 2.00. The van der Waals surface area contributed by atoms with Gasteiger partial charge < -0.3 is 14.5 Å². The van der Waals surface area contributed by atoms with Crippen molar-refractivity contribution in [2.45, 2.75) is 6.54 Å². The molecule has 2 rings (SSSR count). The van der Waals surface area contributed by atoms with Crippen LogP contribution >= 0.6 is 0 Å². The van der Waals surface area contributed by atoms with Crippen LogP contribution in [0.4, 0.5) is 0 Å². The number of rotatable bonds is 3. The topological polar surface area (TPSA) is 67.5 Å². The van der Waals surface area contributed by atoms with Crippen LogP contribution in [0.15, 0.2) is 22.7 Å². The number of nitrogens with zero attached hydrogens (tertiary/aromatic N) is 1. The lowest BCUT2D eigenvalue weighted by atomic mass is 10.2. The molecule has 74 valence electrons. The molecule has 0 unspecified atom stereocenters. The molecular weight excluding hydrogens is 184 g/mol. The van der Waals surface area contributed by atoms with E-state index in [9.17, 15) is 0 Å². The third-order valence-corrected chi connectivity index (χ3v) is 2.00. The lowest BCUT2D eigenvalue weighted by molar-refractivity contribution is 0.159. The van der Waals surface area contributed by atoms with Gasteiger partial charge in [-0.1, -0.05) is 5.16 Å². The Labute approximate surface area is 80.2 Å². The van der Waals surface area contributed by atoms with Gasteiger partial charge in [-0.3, -0.25) is 0 Å². The molecule has 0 bridgehead atoms. The van der Waals surface area contributed by atoms with Gasteiger partial charge in [0.05, 0.1) is 13.7 Å². The van der Waals surface area contributed by atoms with E-state index < -0.39 is 0 Å². The second-order valence-corrected chi connectivity index (χ2v) is 2.83. The van der Waals surface area contributed by atoms with Crippen molar-refractivity contribution in [2.24, 2.45) is 0 Å². The molecule has 0 aliphatic heterocycles. The molecule has 0 aliphatic rings. The number of nitrogens with one attached hydrogen (secondary N) is 1. The highest BCUT2D eigenvalue weighted by Gasteiger charge is 2.08. The molecular formula is C9H10N2O3. The summed E-state index contributed by atoms with van der Waals surface area (Å²) in [6.07, 6.45) is 0. The molecule has 0 spiro atoms. The Morgan fingerprint density at radius 1 is 1.57 bits per heavy atom. The number of hydrogen-bond donors (Lipinski definition) is 2. The molecule has 0 atom stereocenters. The smallest absolute Gasteiger partial charge is 0.167 e. The number of benzene rings is 1. The van der Waals surface area contributed by atoms with Crippen molar-refractivity contribution in [1.29, 1.82) is 0 Å². The monoisotopic (exact) mass is 194 g/mol. The van der Waals surface area contributed by atoms with Gasteiger partial charge >= 0.3 is 0 Å². The standard InChI is InChI=1S/C9H10N2O3/c1-13-6-2-3-9-7(4-6)8(5-10-12)11-14-9/h2-4,10,12H,5H2,1H3. The van der Waals surface area contributed by atoms with Gasteiger partial charge in [-0.15, -0.1) is 0 Å².